The molecule has 5 rings (SSSR count). The molecule has 3 fully saturated rings. The van der Waals surface area contributed by atoms with E-state index in [0.29, 0.717) is 0 Å². The van der Waals surface area contributed by atoms with Crippen molar-refractivity contribution in [1.82, 2.24) is 9.80 Å². The Kier molecular flexibility index (Phi) is 3.12. The number of carbonyl (C=O) groups is 3. The van der Waals surface area contributed by atoms with E-state index in [-0.39, 0.29) is 23.8 Å². The lowest BCUT2D eigenvalue weighted by Crippen LogP contribution is -2.56. The molecule has 0 aromatic heterocycles. The second kappa shape index (κ2) is 4.98. The number of likely N-dealkylation sites (tertiary alicyclic amines) is 1. The number of aryl methyl sites for hydroxylation is 1. The summed E-state index contributed by atoms with van der Waals surface area (Å²) in [5.41, 5.74) is 1.04. The molecule has 6 heteroatoms. The highest BCUT2D eigenvalue weighted by Crippen LogP contribution is 2.60. The van der Waals surface area contributed by atoms with Crippen LogP contribution >= 0.6 is 0 Å². The number of carbonyl (C=O) groups excluding carboxylic acids is 3. The predicted octanol–water partition coefficient (Wildman–Crippen LogP) is 2.02. The summed E-state index contributed by atoms with van der Waals surface area (Å²) in [5.74, 6) is -1.54. The number of anilines is 1. The van der Waals surface area contributed by atoms with Crippen LogP contribution in [0.15, 0.2) is 18.2 Å². The number of hydrogen-bond acceptors (Lipinski definition) is 4. The third-order valence-corrected chi connectivity index (χ3v) is 6.82. The van der Waals surface area contributed by atoms with E-state index >= 15 is 0 Å². The number of nitrogens with one attached hydrogen (secondary N) is 1. The van der Waals surface area contributed by atoms with Gasteiger partial charge in [-0.2, -0.15) is 0 Å². The van der Waals surface area contributed by atoms with Crippen molar-refractivity contribution in [2.75, 3.05) is 11.9 Å². The molecule has 1 aromatic carbocycles. The van der Waals surface area contributed by atoms with Crippen LogP contribution in [0.1, 0.15) is 44.7 Å². The van der Waals surface area contributed by atoms with E-state index in [1.807, 2.05) is 45.9 Å². The zero-order chi connectivity index (χ0) is 19.3. The molecule has 3 amide bonds. The van der Waals surface area contributed by atoms with Crippen LogP contribution in [-0.2, 0) is 19.9 Å². The molecular formula is C21H25N3O3. The van der Waals surface area contributed by atoms with Crippen LogP contribution in [0.2, 0.25) is 0 Å². The number of benzene rings is 1. The predicted molar refractivity (Wildman–Crippen MR) is 99.8 cm³/mol. The van der Waals surface area contributed by atoms with Crippen molar-refractivity contribution in [2.24, 2.45) is 11.8 Å². The summed E-state index contributed by atoms with van der Waals surface area (Å²) in [7, 11) is 0. The molecule has 4 aliphatic rings. The zero-order valence-electron chi connectivity index (χ0n) is 16.2. The van der Waals surface area contributed by atoms with Gasteiger partial charge in [0.2, 0.25) is 17.7 Å². The minimum Gasteiger partial charge on any atom is -0.324 e. The van der Waals surface area contributed by atoms with Gasteiger partial charge in [0.25, 0.3) is 0 Å². The average molecular weight is 367 g/mol. The zero-order valence-corrected chi connectivity index (χ0v) is 16.2. The maximum Gasteiger partial charge on any atom is 0.250 e. The smallest absolute Gasteiger partial charge is 0.250 e. The van der Waals surface area contributed by atoms with Crippen LogP contribution in [0.25, 0.3) is 0 Å². The maximum absolute atomic E-state index is 13.6. The first-order chi connectivity index (χ1) is 12.7. The van der Waals surface area contributed by atoms with Gasteiger partial charge >= 0.3 is 0 Å². The van der Waals surface area contributed by atoms with E-state index in [9.17, 15) is 14.4 Å². The molecule has 1 N–H and O–H groups in total. The summed E-state index contributed by atoms with van der Waals surface area (Å²) in [5, 5.41) is 3.01. The van der Waals surface area contributed by atoms with Gasteiger partial charge in [-0.05, 0) is 53.1 Å². The van der Waals surface area contributed by atoms with Crippen LogP contribution in [0, 0.1) is 18.8 Å². The van der Waals surface area contributed by atoms with Crippen LogP contribution in [0.3, 0.4) is 0 Å². The van der Waals surface area contributed by atoms with E-state index in [1.54, 1.807) is 0 Å². The van der Waals surface area contributed by atoms with Crippen molar-refractivity contribution in [2.45, 2.75) is 57.7 Å². The standard InChI is InChI=1S/C21H25N3O3/c1-11-7-8-13-12(10-11)21(19(27)22-13)16-15(14-6-5-9-23(14)21)17(25)24(18(16)26)20(2,3)4/h7-8,10,14-16H,5-6,9H2,1-4H3,(H,22,27). The fourth-order valence-corrected chi connectivity index (χ4v) is 5.98. The van der Waals surface area contributed by atoms with Crippen molar-refractivity contribution >= 4 is 23.4 Å². The SMILES string of the molecule is Cc1ccc2c(c1)C1(C(=O)N2)C2C(=O)N(C(C)(C)C)C(=O)C2C2CCCN21. The molecule has 4 atom stereocenters. The molecule has 6 nitrogen and oxygen atoms in total. The van der Waals surface area contributed by atoms with E-state index in [1.165, 1.54) is 4.90 Å². The minimum absolute atomic E-state index is 0.0454. The highest BCUT2D eigenvalue weighted by atomic mass is 16.2. The topological polar surface area (TPSA) is 69.7 Å². The Hall–Kier alpha value is -2.21. The van der Waals surface area contributed by atoms with Gasteiger partial charge in [-0.15, -0.1) is 0 Å². The van der Waals surface area contributed by atoms with Crippen LogP contribution in [-0.4, -0.2) is 45.6 Å². The first kappa shape index (κ1) is 16.9. The van der Waals surface area contributed by atoms with Crippen LogP contribution < -0.4 is 5.32 Å². The Morgan fingerprint density at radius 2 is 1.89 bits per heavy atom. The summed E-state index contributed by atoms with van der Waals surface area (Å²) in [6.07, 6.45) is 1.80. The van der Waals surface area contributed by atoms with Gasteiger partial charge in [-0.25, -0.2) is 0 Å². The third-order valence-electron chi connectivity index (χ3n) is 6.82. The molecule has 0 saturated carbocycles. The van der Waals surface area contributed by atoms with Gasteiger partial charge in [0, 0.05) is 22.8 Å². The van der Waals surface area contributed by atoms with E-state index in [0.717, 1.165) is 36.2 Å². The molecule has 1 aromatic rings. The normalized spacial score (nSPS) is 35.0. The quantitative estimate of drug-likeness (QED) is 0.713. The number of amides is 3. The molecule has 4 unspecified atom stereocenters. The van der Waals surface area contributed by atoms with Crippen LogP contribution in [0.4, 0.5) is 5.69 Å². The molecule has 4 heterocycles. The van der Waals surface area contributed by atoms with E-state index in [2.05, 4.69) is 10.2 Å². The summed E-state index contributed by atoms with van der Waals surface area (Å²) in [6, 6.07) is 5.85. The van der Waals surface area contributed by atoms with Crippen molar-refractivity contribution in [3.05, 3.63) is 29.3 Å². The van der Waals surface area contributed by atoms with Crippen molar-refractivity contribution in [3.63, 3.8) is 0 Å². The van der Waals surface area contributed by atoms with Gasteiger partial charge in [0.1, 0.15) is 5.54 Å². The third kappa shape index (κ3) is 1.82. The Balaban J connectivity index is 1.77. The molecule has 0 aliphatic carbocycles. The van der Waals surface area contributed by atoms with Gasteiger partial charge in [-0.1, -0.05) is 17.7 Å². The number of imide groups is 1. The lowest BCUT2D eigenvalue weighted by atomic mass is 9.75. The van der Waals surface area contributed by atoms with Gasteiger partial charge in [-0.3, -0.25) is 24.2 Å². The van der Waals surface area contributed by atoms with Gasteiger partial charge in [0.05, 0.1) is 11.8 Å². The number of nitrogens with zero attached hydrogens (tertiary/aromatic N) is 2. The Labute approximate surface area is 158 Å². The lowest BCUT2D eigenvalue weighted by Gasteiger charge is -2.38. The Morgan fingerprint density at radius 3 is 2.59 bits per heavy atom. The minimum atomic E-state index is -1.06. The number of hydrogen-bond donors (Lipinski definition) is 1. The summed E-state index contributed by atoms with van der Waals surface area (Å²) in [6.45, 7) is 8.39. The molecule has 27 heavy (non-hydrogen) atoms. The average Bonchev–Trinajstić information content (AvgIpc) is 3.25. The summed E-state index contributed by atoms with van der Waals surface area (Å²) >= 11 is 0. The first-order valence-corrected chi connectivity index (χ1v) is 9.76. The molecule has 3 saturated heterocycles. The van der Waals surface area contributed by atoms with Crippen LogP contribution in [0.5, 0.6) is 0 Å². The van der Waals surface area contributed by atoms with Gasteiger partial charge in [0.15, 0.2) is 0 Å². The lowest BCUT2D eigenvalue weighted by molar-refractivity contribution is -0.150. The first-order valence-electron chi connectivity index (χ1n) is 9.76. The highest BCUT2D eigenvalue weighted by Gasteiger charge is 2.75. The molecule has 4 aliphatic heterocycles. The molecule has 0 radical (unpaired) electrons. The highest BCUT2D eigenvalue weighted by molar-refractivity contribution is 6.15. The van der Waals surface area contributed by atoms with Crippen molar-refractivity contribution in [3.8, 4) is 0 Å². The monoisotopic (exact) mass is 367 g/mol. The molecular weight excluding hydrogens is 342 g/mol. The maximum atomic E-state index is 13.6. The molecule has 1 spiro atoms. The van der Waals surface area contributed by atoms with Crippen molar-refractivity contribution in [1.29, 1.82) is 0 Å². The molecule has 142 valence electrons. The molecule has 0 bridgehead atoms. The second-order valence-corrected chi connectivity index (χ2v) is 9.36. The Morgan fingerprint density at radius 1 is 1.15 bits per heavy atom. The number of rotatable bonds is 0. The largest absolute Gasteiger partial charge is 0.324 e. The Bertz CT molecular complexity index is 902. The van der Waals surface area contributed by atoms with Gasteiger partial charge < -0.3 is 5.32 Å². The fraction of sp³-hybridized carbons (Fsp3) is 0.571. The number of fused-ring (bicyclic) bond motifs is 7. The van der Waals surface area contributed by atoms with E-state index in [4.69, 9.17) is 0 Å². The van der Waals surface area contributed by atoms with E-state index < -0.39 is 22.9 Å². The summed E-state index contributed by atoms with van der Waals surface area (Å²) in [4.78, 5) is 43.9. The van der Waals surface area contributed by atoms with Crippen molar-refractivity contribution < 1.29 is 14.4 Å². The second-order valence-electron chi connectivity index (χ2n) is 9.36. The summed E-state index contributed by atoms with van der Waals surface area (Å²) < 4.78 is 0. The fourth-order valence-electron chi connectivity index (χ4n) is 5.98.